The van der Waals surface area contributed by atoms with Gasteiger partial charge in [0.15, 0.2) is 0 Å². The molecular weight excluding hydrogens is 388 g/mol. The highest BCUT2D eigenvalue weighted by Gasteiger charge is 2.14. The van der Waals surface area contributed by atoms with Gasteiger partial charge in [-0.2, -0.15) is 0 Å². The molecule has 4 N–H and O–H groups in total. The zero-order valence-electron chi connectivity index (χ0n) is 10.6. The first-order chi connectivity index (χ1) is 9.38. The highest BCUT2D eigenvalue weighted by atomic mass is 79.9. The lowest BCUT2D eigenvalue weighted by Crippen LogP contribution is -2.13. The number of hydrogen-bond acceptors (Lipinski definition) is 3. The van der Waals surface area contributed by atoms with E-state index in [4.69, 9.17) is 5.73 Å². The van der Waals surface area contributed by atoms with Gasteiger partial charge in [0, 0.05) is 14.6 Å². The van der Waals surface area contributed by atoms with Crippen LogP contribution in [0.25, 0.3) is 0 Å². The summed E-state index contributed by atoms with van der Waals surface area (Å²) in [5.74, 6) is -0.491. The molecular formula is C14H12Br2N2O2. The van der Waals surface area contributed by atoms with Crippen LogP contribution < -0.4 is 11.1 Å². The normalized spacial score (nSPS) is 10.3. The molecule has 0 aliphatic heterocycles. The molecule has 0 aliphatic rings. The molecule has 2 aromatic carbocycles. The van der Waals surface area contributed by atoms with Crippen LogP contribution in [0.4, 0.5) is 11.4 Å². The number of carbonyl (C=O) groups excluding carboxylic acids is 1. The van der Waals surface area contributed by atoms with Gasteiger partial charge in [-0.1, -0.05) is 15.9 Å². The first kappa shape index (κ1) is 14.9. The van der Waals surface area contributed by atoms with Gasteiger partial charge in [-0.05, 0) is 58.7 Å². The monoisotopic (exact) mass is 398 g/mol. The molecule has 6 heteroatoms. The van der Waals surface area contributed by atoms with Crippen LogP contribution in [0.15, 0.2) is 39.3 Å². The summed E-state index contributed by atoms with van der Waals surface area (Å²) < 4.78 is 1.44. The number of rotatable bonds is 2. The molecule has 0 spiro atoms. The van der Waals surface area contributed by atoms with E-state index in [9.17, 15) is 9.90 Å². The Balaban J connectivity index is 2.32. The van der Waals surface area contributed by atoms with Crippen molar-refractivity contribution in [1.29, 1.82) is 0 Å². The zero-order valence-corrected chi connectivity index (χ0v) is 13.7. The highest BCUT2D eigenvalue weighted by Crippen LogP contribution is 2.29. The van der Waals surface area contributed by atoms with Crippen LogP contribution in [0, 0.1) is 6.92 Å². The standard InChI is InChI=1S/C14H12Br2N2O2/c1-7-4-10(16)12(6-11(7)17)18-14(20)9-5-8(15)2-3-13(9)19/h2-6,19H,17H2,1H3,(H,18,20). The minimum atomic E-state index is -0.409. The molecule has 0 heterocycles. The summed E-state index contributed by atoms with van der Waals surface area (Å²) >= 11 is 6.64. The molecule has 4 nitrogen and oxygen atoms in total. The number of phenols is 1. The van der Waals surface area contributed by atoms with Gasteiger partial charge in [0.2, 0.25) is 0 Å². The lowest BCUT2D eigenvalue weighted by Gasteiger charge is -2.11. The van der Waals surface area contributed by atoms with E-state index in [0.717, 1.165) is 10.0 Å². The molecule has 0 unspecified atom stereocenters. The fourth-order valence-electron chi connectivity index (χ4n) is 1.67. The van der Waals surface area contributed by atoms with Crippen molar-refractivity contribution in [3.63, 3.8) is 0 Å². The molecule has 0 saturated heterocycles. The number of nitrogens with one attached hydrogen (secondary N) is 1. The Morgan fingerprint density at radius 1 is 1.25 bits per heavy atom. The van der Waals surface area contributed by atoms with E-state index in [2.05, 4.69) is 37.2 Å². The van der Waals surface area contributed by atoms with E-state index in [1.165, 1.54) is 6.07 Å². The first-order valence-electron chi connectivity index (χ1n) is 5.74. The van der Waals surface area contributed by atoms with Gasteiger partial charge in [0.05, 0.1) is 11.3 Å². The van der Waals surface area contributed by atoms with Gasteiger partial charge in [-0.15, -0.1) is 0 Å². The van der Waals surface area contributed by atoms with Crippen LogP contribution in [0.2, 0.25) is 0 Å². The number of hydrogen-bond donors (Lipinski definition) is 3. The quantitative estimate of drug-likeness (QED) is 0.666. The maximum Gasteiger partial charge on any atom is 0.259 e. The number of halogens is 2. The number of aryl methyl sites for hydroxylation is 1. The van der Waals surface area contributed by atoms with Crippen LogP contribution >= 0.6 is 31.9 Å². The summed E-state index contributed by atoms with van der Waals surface area (Å²) in [6.07, 6.45) is 0. The number of nitrogens with two attached hydrogens (primary N) is 1. The van der Waals surface area contributed by atoms with Crippen molar-refractivity contribution in [2.45, 2.75) is 6.92 Å². The third-order valence-electron chi connectivity index (χ3n) is 2.81. The maximum atomic E-state index is 12.2. The largest absolute Gasteiger partial charge is 0.507 e. The third kappa shape index (κ3) is 3.13. The van der Waals surface area contributed by atoms with Crippen molar-refractivity contribution in [3.05, 3.63) is 50.4 Å². The van der Waals surface area contributed by atoms with Crippen LogP contribution in [0.5, 0.6) is 5.75 Å². The molecule has 0 aromatic heterocycles. The van der Waals surface area contributed by atoms with E-state index < -0.39 is 5.91 Å². The first-order valence-corrected chi connectivity index (χ1v) is 7.32. The molecule has 0 radical (unpaired) electrons. The molecule has 104 valence electrons. The molecule has 0 aliphatic carbocycles. The Morgan fingerprint density at radius 2 is 1.95 bits per heavy atom. The smallest absolute Gasteiger partial charge is 0.259 e. The predicted octanol–water partition coefficient (Wildman–Crippen LogP) is 4.06. The lowest BCUT2D eigenvalue weighted by molar-refractivity contribution is 0.102. The van der Waals surface area contributed by atoms with Crippen molar-refractivity contribution in [1.82, 2.24) is 0 Å². The number of aromatic hydroxyl groups is 1. The Morgan fingerprint density at radius 3 is 2.65 bits per heavy atom. The predicted molar refractivity (Wildman–Crippen MR) is 87.1 cm³/mol. The number of nitrogen functional groups attached to an aromatic ring is 1. The summed E-state index contributed by atoms with van der Waals surface area (Å²) in [7, 11) is 0. The Bertz CT molecular complexity index is 687. The molecule has 1 amide bonds. The summed E-state index contributed by atoms with van der Waals surface area (Å²) in [6, 6.07) is 8.16. The second kappa shape index (κ2) is 5.85. The van der Waals surface area contributed by atoms with Gasteiger partial charge in [-0.25, -0.2) is 0 Å². The highest BCUT2D eigenvalue weighted by molar-refractivity contribution is 9.10. The van der Waals surface area contributed by atoms with Crippen LogP contribution in [-0.2, 0) is 0 Å². The average molecular weight is 400 g/mol. The van der Waals surface area contributed by atoms with Crippen molar-refractivity contribution >= 4 is 49.1 Å². The molecule has 2 aromatic rings. The Kier molecular flexibility index (Phi) is 4.35. The van der Waals surface area contributed by atoms with Crippen molar-refractivity contribution in [2.24, 2.45) is 0 Å². The maximum absolute atomic E-state index is 12.2. The second-order valence-corrected chi connectivity index (χ2v) is 6.07. The van der Waals surface area contributed by atoms with Crippen LogP contribution in [0.3, 0.4) is 0 Å². The molecule has 0 fully saturated rings. The van der Waals surface area contributed by atoms with Gasteiger partial charge < -0.3 is 16.2 Å². The zero-order chi connectivity index (χ0) is 14.9. The average Bonchev–Trinajstić information content (AvgIpc) is 2.38. The third-order valence-corrected chi connectivity index (χ3v) is 3.96. The second-order valence-electron chi connectivity index (χ2n) is 4.30. The number of amides is 1. The number of benzene rings is 2. The Labute approximate surface area is 133 Å². The fraction of sp³-hybridized carbons (Fsp3) is 0.0714. The minimum Gasteiger partial charge on any atom is -0.507 e. The summed E-state index contributed by atoms with van der Waals surface area (Å²) in [6.45, 7) is 1.88. The van der Waals surface area contributed by atoms with Gasteiger partial charge in [0.25, 0.3) is 5.91 Å². The summed E-state index contributed by atoms with van der Waals surface area (Å²) in [5, 5.41) is 12.4. The number of carbonyl (C=O) groups is 1. The van der Waals surface area contributed by atoms with E-state index in [1.54, 1.807) is 18.2 Å². The summed E-state index contributed by atoms with van der Waals surface area (Å²) in [5.41, 5.74) is 8.07. The number of anilines is 2. The van der Waals surface area contributed by atoms with Gasteiger partial charge in [0.1, 0.15) is 5.75 Å². The molecule has 0 saturated carbocycles. The molecule has 20 heavy (non-hydrogen) atoms. The van der Waals surface area contributed by atoms with Gasteiger partial charge in [-0.3, -0.25) is 4.79 Å². The van der Waals surface area contributed by atoms with Crippen LogP contribution in [0.1, 0.15) is 15.9 Å². The van der Waals surface area contributed by atoms with Crippen LogP contribution in [-0.4, -0.2) is 11.0 Å². The fourth-order valence-corrected chi connectivity index (χ4v) is 2.58. The molecule has 0 atom stereocenters. The molecule has 0 bridgehead atoms. The summed E-state index contributed by atoms with van der Waals surface area (Å²) in [4.78, 5) is 12.2. The van der Waals surface area contributed by atoms with E-state index in [-0.39, 0.29) is 11.3 Å². The van der Waals surface area contributed by atoms with E-state index >= 15 is 0 Å². The Hall–Kier alpha value is -1.53. The topological polar surface area (TPSA) is 75.3 Å². The van der Waals surface area contributed by atoms with E-state index in [0.29, 0.717) is 15.8 Å². The lowest BCUT2D eigenvalue weighted by atomic mass is 10.1. The van der Waals surface area contributed by atoms with E-state index in [1.807, 2.05) is 13.0 Å². The molecule has 2 rings (SSSR count). The SMILES string of the molecule is Cc1cc(Br)c(NC(=O)c2cc(Br)ccc2O)cc1N. The van der Waals surface area contributed by atoms with Crippen molar-refractivity contribution < 1.29 is 9.90 Å². The minimum absolute atomic E-state index is 0.0816. The number of phenolic OH excluding ortho intramolecular Hbond substituents is 1. The van der Waals surface area contributed by atoms with Crippen molar-refractivity contribution in [2.75, 3.05) is 11.1 Å². The van der Waals surface area contributed by atoms with Crippen molar-refractivity contribution in [3.8, 4) is 5.75 Å². The van der Waals surface area contributed by atoms with Gasteiger partial charge >= 0.3 is 0 Å².